The number of carbonyl (C=O) groups is 1. The van der Waals surface area contributed by atoms with Crippen LogP contribution in [-0.4, -0.2) is 40.2 Å². The van der Waals surface area contributed by atoms with E-state index in [-0.39, 0.29) is 16.1 Å². The Kier molecular flexibility index (Phi) is 9.92. The summed E-state index contributed by atoms with van der Waals surface area (Å²) in [4.78, 5) is 21.4. The van der Waals surface area contributed by atoms with Gasteiger partial charge in [0.05, 0.1) is 17.5 Å². The lowest BCUT2D eigenvalue weighted by Gasteiger charge is -2.22. The van der Waals surface area contributed by atoms with Gasteiger partial charge in [0.15, 0.2) is 5.82 Å². The highest BCUT2D eigenvalue weighted by Crippen LogP contribution is 2.40. The second kappa shape index (κ2) is 13.2. The van der Waals surface area contributed by atoms with Crippen LogP contribution in [0.25, 0.3) is 0 Å². The summed E-state index contributed by atoms with van der Waals surface area (Å²) in [7, 11) is -3.87. The molecule has 0 spiro atoms. The lowest BCUT2D eigenvalue weighted by molar-refractivity contribution is -0.117. The quantitative estimate of drug-likeness (QED) is 0.201. The van der Waals surface area contributed by atoms with Crippen LogP contribution in [0.4, 0.5) is 11.5 Å². The molecular formula is C28H40N4O4S2. The molecule has 208 valence electrons. The molecule has 0 radical (unpaired) electrons. The van der Waals surface area contributed by atoms with Crippen molar-refractivity contribution < 1.29 is 17.9 Å². The van der Waals surface area contributed by atoms with E-state index >= 15 is 0 Å². The van der Waals surface area contributed by atoms with Gasteiger partial charge in [-0.25, -0.2) is 22.4 Å². The van der Waals surface area contributed by atoms with Crippen LogP contribution in [0, 0.1) is 5.92 Å². The van der Waals surface area contributed by atoms with Gasteiger partial charge in [-0.2, -0.15) is 0 Å². The Hall–Kier alpha value is -2.33. The number of amides is 1. The molecule has 1 unspecified atom stereocenters. The minimum absolute atomic E-state index is 0.131. The van der Waals surface area contributed by atoms with E-state index < -0.39 is 10.0 Å². The molecule has 8 nitrogen and oxygen atoms in total. The first-order valence-corrected chi connectivity index (χ1v) is 16.3. The number of carbonyl (C=O) groups excluding carboxylic acids is 1. The molecule has 2 aliphatic heterocycles. The van der Waals surface area contributed by atoms with Crippen molar-refractivity contribution >= 4 is 44.2 Å². The number of nitrogens with zero attached hydrogens (tertiary/aromatic N) is 3. The number of aliphatic imine (C=N–C) groups is 1. The summed E-state index contributed by atoms with van der Waals surface area (Å²) in [6.07, 6.45) is 14.6. The van der Waals surface area contributed by atoms with Crippen LogP contribution in [0.2, 0.25) is 0 Å². The Morgan fingerprint density at radius 2 is 1.74 bits per heavy atom. The van der Waals surface area contributed by atoms with Gasteiger partial charge >= 0.3 is 0 Å². The number of nitrogens with one attached hydrogen (secondary N) is 1. The first-order chi connectivity index (χ1) is 18.3. The number of hydrogen-bond donors (Lipinski definition) is 1. The molecule has 1 amide bonds. The number of thioether (sulfide) groups is 1. The summed E-state index contributed by atoms with van der Waals surface area (Å²) in [6.45, 7) is 6.81. The average molecular weight is 561 g/mol. The highest BCUT2D eigenvalue weighted by Gasteiger charge is 2.36. The monoisotopic (exact) mass is 560 g/mol. The molecule has 10 heteroatoms. The van der Waals surface area contributed by atoms with Crippen LogP contribution < -0.4 is 10.1 Å². The van der Waals surface area contributed by atoms with Crippen LogP contribution in [0.15, 0.2) is 34.4 Å². The van der Waals surface area contributed by atoms with E-state index in [9.17, 15) is 13.2 Å². The second-order valence-corrected chi connectivity index (χ2v) is 13.5. The van der Waals surface area contributed by atoms with Crippen molar-refractivity contribution in [1.29, 1.82) is 0 Å². The molecule has 1 aromatic heterocycles. The van der Waals surface area contributed by atoms with Gasteiger partial charge in [-0.15, -0.1) is 0 Å². The summed E-state index contributed by atoms with van der Waals surface area (Å²) < 4.78 is 33.6. The number of imidazole rings is 1. The minimum Gasteiger partial charge on any atom is -0.493 e. The van der Waals surface area contributed by atoms with Crippen molar-refractivity contribution in [2.45, 2.75) is 102 Å². The minimum atomic E-state index is -3.87. The lowest BCUT2D eigenvalue weighted by Crippen LogP contribution is -2.21. The zero-order valence-electron chi connectivity index (χ0n) is 22.7. The molecule has 0 bridgehead atoms. The Balaban J connectivity index is 1.32. The molecule has 1 aromatic carbocycles. The third-order valence-electron chi connectivity index (χ3n) is 6.83. The predicted molar refractivity (Wildman–Crippen MR) is 154 cm³/mol. The Morgan fingerprint density at radius 1 is 1.05 bits per heavy atom. The summed E-state index contributed by atoms with van der Waals surface area (Å²) in [5.41, 5.74) is 0.844. The van der Waals surface area contributed by atoms with E-state index in [1.165, 1.54) is 75.5 Å². The summed E-state index contributed by atoms with van der Waals surface area (Å²) >= 11 is 1.39. The molecule has 2 aliphatic rings. The molecule has 2 aromatic rings. The summed E-state index contributed by atoms with van der Waals surface area (Å²) in [6, 6.07) is 4.99. The molecule has 3 heterocycles. The number of benzene rings is 1. The lowest BCUT2D eigenvalue weighted by atomic mass is 10.1. The maximum absolute atomic E-state index is 13.4. The molecule has 0 aliphatic carbocycles. The van der Waals surface area contributed by atoms with Crippen molar-refractivity contribution in [3.8, 4) is 5.75 Å². The number of hydrogen-bond acceptors (Lipinski definition) is 7. The fourth-order valence-electron chi connectivity index (χ4n) is 4.68. The first kappa shape index (κ1) is 28.7. The van der Waals surface area contributed by atoms with Crippen molar-refractivity contribution in [2.75, 3.05) is 11.9 Å². The smallest absolute Gasteiger partial charge is 0.272 e. The van der Waals surface area contributed by atoms with Crippen LogP contribution in [0.1, 0.15) is 97.1 Å². The van der Waals surface area contributed by atoms with Gasteiger partial charge in [0.25, 0.3) is 15.9 Å². The first-order valence-electron chi connectivity index (χ1n) is 14.0. The molecular weight excluding hydrogens is 520 g/mol. The van der Waals surface area contributed by atoms with Gasteiger partial charge in [0, 0.05) is 6.07 Å². The fraction of sp³-hybridized carbons (Fsp3) is 0.607. The van der Waals surface area contributed by atoms with E-state index in [0.29, 0.717) is 40.5 Å². The van der Waals surface area contributed by atoms with Crippen LogP contribution >= 0.6 is 11.8 Å². The number of unbranched alkanes of at least 4 members (excludes halogenated alkanes) is 9. The van der Waals surface area contributed by atoms with Crippen molar-refractivity contribution in [3.05, 3.63) is 30.2 Å². The molecule has 1 N–H and O–H groups in total. The van der Waals surface area contributed by atoms with Gasteiger partial charge in [-0.3, -0.25) is 4.79 Å². The molecule has 4 rings (SSSR count). The number of aromatic nitrogens is 2. The highest BCUT2D eigenvalue weighted by molar-refractivity contribution is 8.16. The SMILES string of the molecule is CCCCCCCCCCCCC1SC(c2ncn3c2Nc2ccc(OCC(C)C)cc2S3(=O)=O)=NC1=O. The maximum Gasteiger partial charge on any atom is 0.272 e. The molecule has 1 atom stereocenters. The van der Waals surface area contributed by atoms with Gasteiger partial charge in [0.1, 0.15) is 27.7 Å². The topological polar surface area (TPSA) is 103 Å². The van der Waals surface area contributed by atoms with E-state index in [4.69, 9.17) is 4.74 Å². The zero-order chi connectivity index (χ0) is 27.1. The Bertz CT molecular complexity index is 1250. The number of anilines is 2. The molecule has 38 heavy (non-hydrogen) atoms. The summed E-state index contributed by atoms with van der Waals surface area (Å²) in [5.74, 6) is 0.980. The van der Waals surface area contributed by atoms with Gasteiger partial charge < -0.3 is 10.1 Å². The van der Waals surface area contributed by atoms with Gasteiger partial charge in [-0.05, 0) is 24.5 Å². The maximum atomic E-state index is 13.4. The fourth-order valence-corrected chi connectivity index (χ4v) is 7.21. The van der Waals surface area contributed by atoms with Crippen LogP contribution in [0.3, 0.4) is 0 Å². The van der Waals surface area contributed by atoms with Crippen molar-refractivity contribution in [2.24, 2.45) is 10.9 Å². The second-order valence-electron chi connectivity index (χ2n) is 10.6. The van der Waals surface area contributed by atoms with Crippen LogP contribution in [0.5, 0.6) is 5.75 Å². The zero-order valence-corrected chi connectivity index (χ0v) is 24.4. The van der Waals surface area contributed by atoms with Crippen molar-refractivity contribution in [3.63, 3.8) is 0 Å². The molecule has 0 saturated carbocycles. The van der Waals surface area contributed by atoms with E-state index in [2.05, 4.69) is 22.2 Å². The largest absolute Gasteiger partial charge is 0.493 e. The third kappa shape index (κ3) is 6.81. The van der Waals surface area contributed by atoms with E-state index in [0.717, 1.165) is 23.2 Å². The van der Waals surface area contributed by atoms with Gasteiger partial charge in [-0.1, -0.05) is 96.7 Å². The summed E-state index contributed by atoms with van der Waals surface area (Å²) in [5, 5.41) is 3.44. The third-order valence-corrected chi connectivity index (χ3v) is 9.74. The molecule has 0 fully saturated rings. The van der Waals surface area contributed by atoms with Gasteiger partial charge in [0.2, 0.25) is 0 Å². The van der Waals surface area contributed by atoms with E-state index in [1.807, 2.05) is 13.8 Å². The standard InChI is InChI=1S/C28H40N4O4S2/c1-4-5-6-7-8-9-10-11-12-13-14-23-27(33)31-28(37-23)25-26-30-22-16-15-21(36-18-20(2)3)17-24(22)38(34,35)32(26)19-29-25/h15-17,19-20,23,30H,4-14,18H2,1-3H3. The number of ether oxygens (including phenoxy) is 1. The van der Waals surface area contributed by atoms with Crippen molar-refractivity contribution in [1.82, 2.24) is 8.96 Å². The molecule has 0 saturated heterocycles. The normalized spacial score (nSPS) is 17.7. The Morgan fingerprint density at radius 3 is 2.42 bits per heavy atom. The number of fused-ring (bicyclic) bond motifs is 2. The van der Waals surface area contributed by atoms with Crippen LogP contribution in [-0.2, 0) is 14.8 Å². The average Bonchev–Trinajstić information content (AvgIpc) is 3.48. The Labute approximate surface area is 231 Å². The van der Waals surface area contributed by atoms with E-state index in [1.54, 1.807) is 12.1 Å². The number of rotatable bonds is 15. The highest BCUT2D eigenvalue weighted by atomic mass is 32.2. The predicted octanol–water partition coefficient (Wildman–Crippen LogP) is 6.91.